The van der Waals surface area contributed by atoms with Gasteiger partial charge in [-0.2, -0.15) is 11.1 Å². The zero-order valence-corrected chi connectivity index (χ0v) is 14.2. The van der Waals surface area contributed by atoms with Crippen LogP contribution < -0.4 is 0 Å². The highest BCUT2D eigenvalue weighted by Gasteiger charge is 2.54. The van der Waals surface area contributed by atoms with Gasteiger partial charge >= 0.3 is 6.00 Å². The molecule has 0 aromatic rings. The topological polar surface area (TPSA) is 0 Å². The molecule has 0 nitrogen and oxygen atoms in total. The number of hydrogen-bond donors (Lipinski definition) is 0. The lowest BCUT2D eigenvalue weighted by Crippen LogP contribution is -2.47. The quantitative estimate of drug-likeness (QED) is 0.423. The van der Waals surface area contributed by atoms with Crippen LogP contribution in [0.25, 0.3) is 0 Å². The van der Waals surface area contributed by atoms with Crippen LogP contribution >= 0.6 is 67.5 Å². The lowest BCUT2D eigenvalue weighted by atomic mass is 11.8. The van der Waals surface area contributed by atoms with E-state index < -0.39 is 17.7 Å². The van der Waals surface area contributed by atoms with Gasteiger partial charge in [0.2, 0.25) is 0 Å². The SMILES string of the molecule is [SiH3]C[SiH](Cl)C(Cl)(Cl)[Si](Cl)(Cl)Cl. The molecule has 0 aliphatic heterocycles. The molecule has 0 N–H and O–H groups in total. The van der Waals surface area contributed by atoms with Crippen LogP contribution in [-0.4, -0.2) is 27.9 Å². The number of rotatable bonds is 3. The fourth-order valence-electron chi connectivity index (χ4n) is 0.434. The summed E-state index contributed by atoms with van der Waals surface area (Å²) in [7, 11) is -0.840. The molecule has 0 heterocycles. The van der Waals surface area contributed by atoms with Gasteiger partial charge in [0.15, 0.2) is 11.7 Å². The molecule has 0 aromatic carbocycles. The minimum Gasteiger partial charge on any atom is -0.169 e. The highest BCUT2D eigenvalue weighted by Crippen LogP contribution is 2.44. The summed E-state index contributed by atoms with van der Waals surface area (Å²) >= 11 is 34.6. The second-order valence-corrected chi connectivity index (χ2v) is 20.6. The zero-order chi connectivity index (χ0) is 9.28. The summed E-state index contributed by atoms with van der Waals surface area (Å²) in [5, 5.41) is 0. The molecular weight excluding hydrogens is 321 g/mol. The van der Waals surface area contributed by atoms with E-state index in [0.29, 0.717) is 0 Å². The Bertz CT molecular complexity index is 130. The molecule has 68 valence electrons. The maximum atomic E-state index is 5.93. The maximum Gasteiger partial charge on any atom is 0.374 e. The van der Waals surface area contributed by atoms with E-state index >= 15 is 0 Å². The van der Waals surface area contributed by atoms with Crippen LogP contribution in [-0.2, 0) is 0 Å². The van der Waals surface area contributed by atoms with Crippen molar-refractivity contribution in [2.24, 2.45) is 0 Å². The molecule has 0 rings (SSSR count). The summed E-state index contributed by atoms with van der Waals surface area (Å²) in [5.41, 5.74) is 0.843. The van der Waals surface area contributed by atoms with Crippen molar-refractivity contribution in [2.45, 2.75) is 9.25 Å². The smallest absolute Gasteiger partial charge is 0.169 e. The summed E-state index contributed by atoms with van der Waals surface area (Å²) < 4.78 is -1.24. The molecule has 0 spiro atoms. The summed E-state index contributed by atoms with van der Waals surface area (Å²) in [6.45, 7) is 0. The van der Waals surface area contributed by atoms with Crippen LogP contribution in [0.2, 0.25) is 5.67 Å². The fourth-order valence-corrected chi connectivity index (χ4v) is 15.1. The van der Waals surface area contributed by atoms with E-state index in [9.17, 15) is 0 Å². The Labute approximate surface area is 100 Å². The van der Waals surface area contributed by atoms with Crippen molar-refractivity contribution in [2.75, 3.05) is 0 Å². The molecule has 11 heavy (non-hydrogen) atoms. The molecule has 0 fully saturated rings. The largest absolute Gasteiger partial charge is 0.374 e. The fraction of sp³-hybridized carbons (Fsp3) is 1.00. The first-order chi connectivity index (χ1) is 4.73. The molecule has 0 saturated carbocycles. The van der Waals surface area contributed by atoms with Gasteiger partial charge in [-0.1, -0.05) is 5.67 Å². The van der Waals surface area contributed by atoms with Crippen LogP contribution in [0, 0.1) is 0 Å². The summed E-state index contributed by atoms with van der Waals surface area (Å²) in [4.78, 5) is 0. The van der Waals surface area contributed by atoms with E-state index in [1.54, 1.807) is 0 Å². The predicted molar refractivity (Wildman–Crippen MR) is 65.5 cm³/mol. The molecule has 0 bridgehead atoms. The third-order valence-corrected chi connectivity index (χ3v) is 22.2. The zero-order valence-electron chi connectivity index (χ0n) is 5.55. The Balaban J connectivity index is 4.45. The van der Waals surface area contributed by atoms with Crippen LogP contribution in [0.15, 0.2) is 0 Å². The second kappa shape index (κ2) is 4.75. The summed E-state index contributed by atoms with van der Waals surface area (Å²) in [6.07, 6.45) is 0. The third kappa shape index (κ3) is 3.56. The molecule has 0 aliphatic rings. The van der Waals surface area contributed by atoms with Gasteiger partial charge in [0.05, 0.1) is 0 Å². The molecule has 1 unspecified atom stereocenters. The Morgan fingerprint density at radius 3 is 1.73 bits per heavy atom. The average molecular weight is 327 g/mol. The number of alkyl halides is 2. The first-order valence-electron chi connectivity index (χ1n) is 2.82. The van der Waals surface area contributed by atoms with Crippen LogP contribution in [0.1, 0.15) is 0 Å². The Morgan fingerprint density at radius 1 is 1.27 bits per heavy atom. The maximum absolute atomic E-state index is 5.93. The molecule has 0 aromatic heterocycles. The highest BCUT2D eigenvalue weighted by atomic mass is 35.8. The van der Waals surface area contributed by atoms with Gasteiger partial charge in [-0.15, -0.1) is 56.4 Å². The Kier molecular flexibility index (Phi) is 5.79. The second-order valence-electron chi connectivity index (χ2n) is 2.00. The molecular formula is C2H6Cl6Si3. The van der Waals surface area contributed by atoms with Crippen molar-refractivity contribution in [1.29, 1.82) is 0 Å². The van der Waals surface area contributed by atoms with Crippen molar-refractivity contribution in [1.82, 2.24) is 0 Å². The van der Waals surface area contributed by atoms with Gasteiger partial charge in [-0.05, 0) is 0 Å². The predicted octanol–water partition coefficient (Wildman–Crippen LogP) is 2.18. The highest BCUT2D eigenvalue weighted by molar-refractivity contribution is 7.71. The lowest BCUT2D eigenvalue weighted by molar-refractivity contribution is 1.61. The first kappa shape index (κ1) is 13.4. The van der Waals surface area contributed by atoms with Crippen molar-refractivity contribution in [3.8, 4) is 0 Å². The lowest BCUT2D eigenvalue weighted by Gasteiger charge is -2.27. The van der Waals surface area contributed by atoms with E-state index in [0.717, 1.165) is 15.9 Å². The van der Waals surface area contributed by atoms with Crippen molar-refractivity contribution < 1.29 is 0 Å². The minimum atomic E-state index is -3.07. The van der Waals surface area contributed by atoms with Crippen molar-refractivity contribution >= 4 is 91.9 Å². The monoisotopic (exact) mass is 324 g/mol. The van der Waals surface area contributed by atoms with Gasteiger partial charge < -0.3 is 0 Å². The van der Waals surface area contributed by atoms with Gasteiger partial charge in [0, 0.05) is 10.2 Å². The minimum absolute atomic E-state index is 0.843. The van der Waals surface area contributed by atoms with Crippen molar-refractivity contribution in [3.05, 3.63) is 0 Å². The molecule has 0 saturated heterocycles. The molecule has 1 atom stereocenters. The first-order valence-corrected chi connectivity index (χ1v) is 13.2. The van der Waals surface area contributed by atoms with Gasteiger partial charge in [-0.25, -0.2) is 0 Å². The van der Waals surface area contributed by atoms with E-state index in [1.807, 2.05) is 0 Å². The molecule has 9 heteroatoms. The standard InChI is InChI=1S/C2H6Cl6Si3/c3-2(4,10(5)1-9)11(6,7)8/h10H,1H2,9H3. The third-order valence-electron chi connectivity index (χ3n) is 1.13. The van der Waals surface area contributed by atoms with Crippen LogP contribution in [0.5, 0.6) is 0 Å². The molecule has 0 radical (unpaired) electrons. The normalized spacial score (nSPS) is 16.9. The van der Waals surface area contributed by atoms with Crippen LogP contribution in [0.4, 0.5) is 0 Å². The van der Waals surface area contributed by atoms with Gasteiger partial charge in [0.1, 0.15) is 0 Å². The molecule has 0 aliphatic carbocycles. The number of halogens is 6. The van der Waals surface area contributed by atoms with Gasteiger partial charge in [0.25, 0.3) is 0 Å². The van der Waals surface area contributed by atoms with E-state index in [4.69, 9.17) is 67.5 Å². The van der Waals surface area contributed by atoms with Gasteiger partial charge in [-0.3, -0.25) is 0 Å². The molecule has 0 amide bonds. The van der Waals surface area contributed by atoms with E-state index in [-0.39, 0.29) is 0 Å². The van der Waals surface area contributed by atoms with Crippen LogP contribution in [0.3, 0.4) is 0 Å². The van der Waals surface area contributed by atoms with E-state index in [1.165, 1.54) is 0 Å². The number of hydrogen-bond acceptors (Lipinski definition) is 0. The summed E-state index contributed by atoms with van der Waals surface area (Å²) in [6, 6.07) is -3.07. The Hall–Kier alpha value is 2.39. The average Bonchev–Trinajstić information content (AvgIpc) is 1.83. The summed E-state index contributed by atoms with van der Waals surface area (Å²) in [5.74, 6) is 0. The van der Waals surface area contributed by atoms with Crippen molar-refractivity contribution in [3.63, 3.8) is 0 Å². The van der Waals surface area contributed by atoms with E-state index in [2.05, 4.69) is 0 Å². The Morgan fingerprint density at radius 2 is 1.64 bits per heavy atom.